The Morgan fingerprint density at radius 1 is 1.13 bits per heavy atom. The van der Waals surface area contributed by atoms with Crippen molar-refractivity contribution in [2.75, 3.05) is 19.8 Å². The highest BCUT2D eigenvalue weighted by Crippen LogP contribution is 2.59. The van der Waals surface area contributed by atoms with Gasteiger partial charge in [0.15, 0.2) is 0 Å². The van der Waals surface area contributed by atoms with E-state index in [2.05, 4.69) is 23.5 Å². The molecule has 2 aromatic carbocycles. The third-order valence-corrected chi connectivity index (χ3v) is 9.60. The number of aliphatic hydroxyl groups excluding tert-OH is 1. The fraction of sp³-hybridized carbons (Fsp3) is 0.457. The van der Waals surface area contributed by atoms with E-state index in [0.717, 1.165) is 23.9 Å². The van der Waals surface area contributed by atoms with Crippen LogP contribution in [0.15, 0.2) is 79.9 Å². The second-order valence-corrected chi connectivity index (χ2v) is 12.3. The van der Waals surface area contributed by atoms with Crippen molar-refractivity contribution in [3.05, 3.63) is 85.5 Å². The molecule has 0 saturated carbocycles. The molecule has 11 heteroatoms. The zero-order chi connectivity index (χ0) is 32.3. The van der Waals surface area contributed by atoms with Crippen LogP contribution in [0.5, 0.6) is 0 Å². The van der Waals surface area contributed by atoms with Gasteiger partial charge in [-0.05, 0) is 56.2 Å². The van der Waals surface area contributed by atoms with Gasteiger partial charge in [-0.3, -0.25) is 14.4 Å². The molecule has 0 radical (unpaired) electrons. The lowest BCUT2D eigenvalue weighted by Gasteiger charge is -2.39. The van der Waals surface area contributed by atoms with Gasteiger partial charge in [0, 0.05) is 6.54 Å². The van der Waals surface area contributed by atoms with E-state index in [-0.39, 0.29) is 38.2 Å². The van der Waals surface area contributed by atoms with E-state index in [1.807, 2.05) is 60.7 Å². The van der Waals surface area contributed by atoms with E-state index < -0.39 is 41.6 Å². The van der Waals surface area contributed by atoms with Crippen molar-refractivity contribution in [3.8, 4) is 0 Å². The van der Waals surface area contributed by atoms with Crippen LogP contribution in [-0.4, -0.2) is 91.2 Å². The third-order valence-electron chi connectivity index (χ3n) is 9.60. The molecular formula is C35H41N5O6. The number of carbonyl (C=O) groups is 3. The highest BCUT2D eigenvalue weighted by atomic mass is 16.6. The van der Waals surface area contributed by atoms with E-state index in [1.54, 1.807) is 15.7 Å². The average Bonchev–Trinajstić information content (AvgIpc) is 3.83. The number of aromatic nitrogens is 3. The van der Waals surface area contributed by atoms with Crippen LogP contribution in [0.4, 0.5) is 0 Å². The average molecular weight is 628 g/mol. The molecular weight excluding hydrogens is 586 g/mol. The van der Waals surface area contributed by atoms with Gasteiger partial charge in [-0.25, -0.2) is 4.68 Å². The summed E-state index contributed by atoms with van der Waals surface area (Å²) in [7, 11) is 0. The Hall–Kier alpha value is -4.35. The molecule has 1 aromatic heterocycles. The first-order chi connectivity index (χ1) is 22.4. The molecule has 3 saturated heterocycles. The van der Waals surface area contributed by atoms with Gasteiger partial charge in [0.05, 0.1) is 42.7 Å². The number of fused-ring (bicyclic) bond motifs is 2. The van der Waals surface area contributed by atoms with Crippen LogP contribution < -0.4 is 0 Å². The molecule has 6 rings (SSSR count). The molecule has 46 heavy (non-hydrogen) atoms. The van der Waals surface area contributed by atoms with E-state index in [4.69, 9.17) is 9.47 Å². The van der Waals surface area contributed by atoms with Crippen molar-refractivity contribution in [1.82, 2.24) is 24.8 Å². The molecule has 4 heterocycles. The molecule has 6 atom stereocenters. The van der Waals surface area contributed by atoms with Gasteiger partial charge in [0.25, 0.3) is 0 Å². The largest absolute Gasteiger partial charge is 0.465 e. The number of amides is 2. The Morgan fingerprint density at radius 3 is 2.67 bits per heavy atom. The summed E-state index contributed by atoms with van der Waals surface area (Å²) in [6.45, 7) is 7.72. The molecule has 3 fully saturated rings. The summed E-state index contributed by atoms with van der Waals surface area (Å²) >= 11 is 0. The monoisotopic (exact) mass is 627 g/mol. The standard InChI is InChI=1S/C35H41N5O6/c1-3-5-6-12-20-45-34(44)29-28-17-18-35(46-28)30(29)32(42)40(25(22-41)21-24-13-8-7-9-14-24)31(35)33(43)38(19-4-2)23-39-27-16-11-10-15-26(27)36-37-39/h3-4,7-11,13-16,25,28-31,41H,1-2,5-6,12,17-23H2/t25-,28-,29+,30+,31?,35?/m1/s1. The Balaban J connectivity index is 1.35. The fourth-order valence-electron chi connectivity index (χ4n) is 7.56. The van der Waals surface area contributed by atoms with Crippen LogP contribution in [0.25, 0.3) is 11.0 Å². The number of nitrogens with zero attached hydrogens (tertiary/aromatic N) is 5. The van der Waals surface area contributed by atoms with Gasteiger partial charge in [-0.15, -0.1) is 18.3 Å². The number of hydrogen-bond donors (Lipinski definition) is 1. The molecule has 0 aliphatic carbocycles. The Bertz CT molecular complexity index is 1590. The van der Waals surface area contributed by atoms with E-state index >= 15 is 0 Å². The maximum atomic E-state index is 14.8. The van der Waals surface area contributed by atoms with Gasteiger partial charge >= 0.3 is 5.97 Å². The summed E-state index contributed by atoms with van der Waals surface area (Å²) < 4.78 is 13.9. The first-order valence-electron chi connectivity index (χ1n) is 16.0. The predicted molar refractivity (Wildman–Crippen MR) is 170 cm³/mol. The SMILES string of the molecule is C=CCCCCOC(=O)[C@@H]1[C@H]2C(=O)N([C@@H](CO)Cc3ccccc3)C(C(=O)N(CC=C)Cn3nnc4ccccc43)C23CC[C@H]1O3. The number of carbonyl (C=O) groups excluding carboxylic acids is 3. The van der Waals surface area contributed by atoms with E-state index in [9.17, 15) is 19.5 Å². The van der Waals surface area contributed by atoms with Gasteiger partial charge in [0.2, 0.25) is 11.8 Å². The zero-order valence-electron chi connectivity index (χ0n) is 25.9. The van der Waals surface area contributed by atoms with Crippen molar-refractivity contribution < 1.29 is 29.0 Å². The van der Waals surface area contributed by atoms with Gasteiger partial charge in [-0.1, -0.05) is 59.8 Å². The first-order valence-corrected chi connectivity index (χ1v) is 16.0. The Morgan fingerprint density at radius 2 is 1.91 bits per heavy atom. The maximum absolute atomic E-state index is 14.8. The fourth-order valence-corrected chi connectivity index (χ4v) is 7.56. The zero-order valence-corrected chi connectivity index (χ0v) is 25.9. The highest BCUT2D eigenvalue weighted by Gasteiger charge is 2.75. The molecule has 3 aliphatic rings. The summed E-state index contributed by atoms with van der Waals surface area (Å²) in [4.78, 5) is 46.1. The number of aliphatic hydroxyl groups is 1. The van der Waals surface area contributed by atoms with E-state index in [1.165, 1.54) is 4.90 Å². The lowest BCUT2D eigenvalue weighted by Crippen LogP contribution is -2.59. The molecule has 1 spiro atoms. The number of esters is 1. The van der Waals surface area contributed by atoms with Gasteiger partial charge < -0.3 is 24.4 Å². The van der Waals surface area contributed by atoms with Crippen molar-refractivity contribution in [3.63, 3.8) is 0 Å². The van der Waals surface area contributed by atoms with Crippen LogP contribution in [0.1, 0.15) is 37.7 Å². The topological polar surface area (TPSA) is 127 Å². The summed E-state index contributed by atoms with van der Waals surface area (Å²) in [5.41, 5.74) is 1.12. The molecule has 3 aromatic rings. The predicted octanol–water partition coefficient (Wildman–Crippen LogP) is 3.28. The Labute approximate surface area is 268 Å². The number of para-hydroxylation sites is 1. The number of ether oxygens (including phenoxy) is 2. The van der Waals surface area contributed by atoms with Crippen LogP contribution in [0, 0.1) is 11.8 Å². The molecule has 1 N–H and O–H groups in total. The van der Waals surface area contributed by atoms with Gasteiger partial charge in [0.1, 0.15) is 23.8 Å². The normalized spacial score (nSPS) is 25.4. The third kappa shape index (κ3) is 5.62. The lowest BCUT2D eigenvalue weighted by molar-refractivity contribution is -0.157. The molecule has 2 amide bonds. The van der Waals surface area contributed by atoms with Crippen molar-refractivity contribution in [2.45, 2.75) is 69.0 Å². The summed E-state index contributed by atoms with van der Waals surface area (Å²) in [6, 6.07) is 15.2. The highest BCUT2D eigenvalue weighted by molar-refractivity contribution is 5.98. The van der Waals surface area contributed by atoms with Crippen LogP contribution >= 0.6 is 0 Å². The smallest absolute Gasteiger partial charge is 0.312 e. The molecule has 242 valence electrons. The number of likely N-dealkylation sites (tertiary alicyclic amines) is 1. The minimum atomic E-state index is -1.24. The minimum absolute atomic E-state index is 0.0622. The number of unbranched alkanes of at least 4 members (excludes halogenated alkanes) is 2. The quantitative estimate of drug-likeness (QED) is 0.155. The van der Waals surface area contributed by atoms with Crippen LogP contribution in [0.3, 0.4) is 0 Å². The Kier molecular flexibility index (Phi) is 9.32. The lowest BCUT2D eigenvalue weighted by atomic mass is 9.70. The number of rotatable bonds is 15. The number of allylic oxidation sites excluding steroid dienone is 1. The second-order valence-electron chi connectivity index (χ2n) is 12.3. The summed E-state index contributed by atoms with van der Waals surface area (Å²) in [5, 5.41) is 19.2. The number of hydrogen-bond acceptors (Lipinski definition) is 8. The molecule has 2 bridgehead atoms. The number of benzene rings is 2. The molecule has 3 aliphatic heterocycles. The van der Waals surface area contributed by atoms with Crippen molar-refractivity contribution in [2.24, 2.45) is 11.8 Å². The van der Waals surface area contributed by atoms with Crippen LogP contribution in [0.2, 0.25) is 0 Å². The minimum Gasteiger partial charge on any atom is -0.465 e. The maximum Gasteiger partial charge on any atom is 0.312 e. The molecule has 2 unspecified atom stereocenters. The van der Waals surface area contributed by atoms with Crippen LogP contribution in [-0.2, 0) is 36.9 Å². The summed E-state index contributed by atoms with van der Waals surface area (Å²) in [5.74, 6) is -2.93. The van der Waals surface area contributed by atoms with Crippen molar-refractivity contribution >= 4 is 28.8 Å². The van der Waals surface area contributed by atoms with Crippen molar-refractivity contribution in [1.29, 1.82) is 0 Å². The first kappa shape index (κ1) is 31.6. The second kappa shape index (κ2) is 13.6. The molecule has 11 nitrogen and oxygen atoms in total. The van der Waals surface area contributed by atoms with Gasteiger partial charge in [-0.2, -0.15) is 0 Å². The van der Waals surface area contributed by atoms with E-state index in [0.29, 0.717) is 31.2 Å². The summed E-state index contributed by atoms with van der Waals surface area (Å²) in [6.07, 6.45) is 6.56.